The fourth-order valence-electron chi connectivity index (χ4n) is 0.939. The molecule has 2 nitrogen and oxygen atoms in total. The lowest BCUT2D eigenvalue weighted by atomic mass is 10.3. The average Bonchev–Trinajstić information content (AvgIpc) is 2.17. The number of methoxy groups -OCH3 is 1. The van der Waals surface area contributed by atoms with E-state index in [4.69, 9.17) is 0 Å². The first-order valence-electron chi connectivity index (χ1n) is 3.67. The summed E-state index contributed by atoms with van der Waals surface area (Å²) in [5, 5.41) is 0.267. The van der Waals surface area contributed by atoms with Crippen molar-refractivity contribution in [1.82, 2.24) is 4.98 Å². The van der Waals surface area contributed by atoms with Gasteiger partial charge in [-0.05, 0) is 0 Å². The Morgan fingerprint density at radius 2 is 2.21 bits per heavy atom. The van der Waals surface area contributed by atoms with E-state index in [9.17, 15) is 13.2 Å². The van der Waals surface area contributed by atoms with Gasteiger partial charge >= 0.3 is 0 Å². The third-order valence-electron chi connectivity index (χ3n) is 1.57. The highest BCUT2D eigenvalue weighted by Gasteiger charge is 2.20. The van der Waals surface area contributed by atoms with Gasteiger partial charge in [0.2, 0.25) is 0 Å². The first-order chi connectivity index (χ1) is 6.60. The molecular weight excluding hydrogens is 263 g/mol. The van der Waals surface area contributed by atoms with Crippen LogP contribution in [-0.2, 0) is 5.33 Å². The topological polar surface area (TPSA) is 22.1 Å². The van der Waals surface area contributed by atoms with Crippen molar-refractivity contribution in [2.45, 2.75) is 11.8 Å². The molecule has 0 fully saturated rings. The van der Waals surface area contributed by atoms with Crippen LogP contribution in [0.4, 0.5) is 13.2 Å². The minimum Gasteiger partial charge on any atom is -0.494 e. The second kappa shape index (κ2) is 4.63. The van der Waals surface area contributed by atoms with Gasteiger partial charge in [0, 0.05) is 11.4 Å². The van der Waals surface area contributed by atoms with Crippen LogP contribution in [-0.4, -0.2) is 12.1 Å². The summed E-state index contributed by atoms with van der Waals surface area (Å²) in [6, 6.07) is 1.27. The standard InChI is InChI=1S/C8H7BrF3NO/c1-14-5-2-4(3-9)13-7(6(5)10)8(11)12/h2,8H,3H2,1H3. The summed E-state index contributed by atoms with van der Waals surface area (Å²) in [7, 11) is 1.21. The molecule has 0 saturated carbocycles. The predicted octanol–water partition coefficient (Wildman–Crippen LogP) is 3.06. The quantitative estimate of drug-likeness (QED) is 0.787. The molecular formula is C8H7BrF3NO. The Labute approximate surface area is 87.2 Å². The molecule has 0 aliphatic rings. The molecule has 78 valence electrons. The van der Waals surface area contributed by atoms with Crippen LogP contribution in [0.25, 0.3) is 0 Å². The van der Waals surface area contributed by atoms with Crippen molar-refractivity contribution >= 4 is 15.9 Å². The van der Waals surface area contributed by atoms with Crippen molar-refractivity contribution < 1.29 is 17.9 Å². The monoisotopic (exact) mass is 269 g/mol. The van der Waals surface area contributed by atoms with Crippen molar-refractivity contribution in [2.75, 3.05) is 7.11 Å². The number of pyridine rings is 1. The van der Waals surface area contributed by atoms with Gasteiger partial charge in [0.05, 0.1) is 12.8 Å². The van der Waals surface area contributed by atoms with Gasteiger partial charge in [0.15, 0.2) is 11.6 Å². The van der Waals surface area contributed by atoms with Gasteiger partial charge in [-0.3, -0.25) is 0 Å². The van der Waals surface area contributed by atoms with Crippen molar-refractivity contribution in [1.29, 1.82) is 0 Å². The van der Waals surface area contributed by atoms with Crippen LogP contribution in [0.1, 0.15) is 17.8 Å². The Bertz CT molecular complexity index is 333. The van der Waals surface area contributed by atoms with Gasteiger partial charge in [0.1, 0.15) is 5.69 Å². The van der Waals surface area contributed by atoms with E-state index >= 15 is 0 Å². The molecule has 0 aliphatic heterocycles. The summed E-state index contributed by atoms with van der Waals surface area (Å²) in [6.07, 6.45) is -2.94. The highest BCUT2D eigenvalue weighted by atomic mass is 79.9. The summed E-state index contributed by atoms with van der Waals surface area (Å²) >= 11 is 3.04. The highest BCUT2D eigenvalue weighted by molar-refractivity contribution is 9.08. The van der Waals surface area contributed by atoms with Gasteiger partial charge in [-0.25, -0.2) is 18.2 Å². The zero-order valence-corrected chi connectivity index (χ0v) is 8.82. The number of aromatic nitrogens is 1. The molecule has 6 heteroatoms. The van der Waals surface area contributed by atoms with Gasteiger partial charge in [-0.1, -0.05) is 15.9 Å². The Kier molecular flexibility index (Phi) is 3.74. The molecule has 0 aromatic carbocycles. The molecule has 1 heterocycles. The Balaban J connectivity index is 3.27. The van der Waals surface area contributed by atoms with Crippen LogP contribution in [0.3, 0.4) is 0 Å². The van der Waals surface area contributed by atoms with Gasteiger partial charge < -0.3 is 4.74 Å². The maximum atomic E-state index is 13.2. The average molecular weight is 270 g/mol. The van der Waals surface area contributed by atoms with E-state index in [0.29, 0.717) is 5.69 Å². The summed E-state index contributed by atoms with van der Waals surface area (Å²) in [4.78, 5) is 3.45. The number of halogens is 4. The molecule has 0 bridgehead atoms. The molecule has 1 aromatic rings. The lowest BCUT2D eigenvalue weighted by Gasteiger charge is -2.07. The van der Waals surface area contributed by atoms with Gasteiger partial charge in [-0.15, -0.1) is 0 Å². The molecule has 1 aromatic heterocycles. The lowest BCUT2D eigenvalue weighted by Crippen LogP contribution is -2.02. The van der Waals surface area contributed by atoms with Crippen molar-refractivity contribution in [3.05, 3.63) is 23.3 Å². The molecule has 1 rings (SSSR count). The third kappa shape index (κ3) is 2.17. The summed E-state index contributed by atoms with van der Waals surface area (Å²) in [5.74, 6) is -1.32. The summed E-state index contributed by atoms with van der Waals surface area (Å²) in [6.45, 7) is 0. The second-order valence-electron chi connectivity index (χ2n) is 2.45. The van der Waals surface area contributed by atoms with E-state index < -0.39 is 17.9 Å². The lowest BCUT2D eigenvalue weighted by molar-refractivity contribution is 0.139. The van der Waals surface area contributed by atoms with Crippen LogP contribution in [0.5, 0.6) is 5.75 Å². The largest absolute Gasteiger partial charge is 0.494 e. The number of hydrogen-bond donors (Lipinski definition) is 0. The van der Waals surface area contributed by atoms with E-state index in [1.165, 1.54) is 13.2 Å². The predicted molar refractivity (Wildman–Crippen MR) is 48.3 cm³/mol. The zero-order chi connectivity index (χ0) is 10.7. The number of nitrogens with zero attached hydrogens (tertiary/aromatic N) is 1. The number of alkyl halides is 3. The van der Waals surface area contributed by atoms with E-state index in [0.717, 1.165) is 0 Å². The van der Waals surface area contributed by atoms with E-state index in [-0.39, 0.29) is 11.1 Å². The molecule has 14 heavy (non-hydrogen) atoms. The molecule has 0 amide bonds. The second-order valence-corrected chi connectivity index (χ2v) is 3.01. The van der Waals surface area contributed by atoms with Crippen molar-refractivity contribution in [3.8, 4) is 5.75 Å². The molecule has 0 unspecified atom stereocenters. The SMILES string of the molecule is COc1cc(CBr)nc(C(F)F)c1F. The smallest absolute Gasteiger partial charge is 0.283 e. The van der Waals surface area contributed by atoms with E-state index in [2.05, 4.69) is 25.7 Å². The summed E-state index contributed by atoms with van der Waals surface area (Å²) in [5.41, 5.74) is -0.572. The number of hydrogen-bond acceptors (Lipinski definition) is 2. The van der Waals surface area contributed by atoms with E-state index in [1.54, 1.807) is 0 Å². The van der Waals surface area contributed by atoms with Crippen LogP contribution >= 0.6 is 15.9 Å². The fraction of sp³-hybridized carbons (Fsp3) is 0.375. The van der Waals surface area contributed by atoms with Crippen LogP contribution < -0.4 is 4.74 Å². The highest BCUT2D eigenvalue weighted by Crippen LogP contribution is 2.27. The molecule has 0 saturated heterocycles. The van der Waals surface area contributed by atoms with E-state index in [1.807, 2.05) is 0 Å². The first kappa shape index (κ1) is 11.3. The van der Waals surface area contributed by atoms with Gasteiger partial charge in [-0.2, -0.15) is 0 Å². The Morgan fingerprint density at radius 1 is 1.57 bits per heavy atom. The van der Waals surface area contributed by atoms with Gasteiger partial charge in [0.25, 0.3) is 6.43 Å². The number of rotatable bonds is 3. The molecule has 0 atom stereocenters. The minimum atomic E-state index is -2.94. The Hall–Kier alpha value is -0.780. The Morgan fingerprint density at radius 3 is 2.64 bits per heavy atom. The third-order valence-corrected chi connectivity index (χ3v) is 2.14. The normalized spacial score (nSPS) is 10.7. The molecule has 0 spiro atoms. The van der Waals surface area contributed by atoms with Crippen LogP contribution in [0.15, 0.2) is 6.07 Å². The molecule has 0 N–H and O–H groups in total. The zero-order valence-electron chi connectivity index (χ0n) is 7.23. The molecule has 0 radical (unpaired) electrons. The van der Waals surface area contributed by atoms with Crippen LogP contribution in [0, 0.1) is 5.82 Å². The van der Waals surface area contributed by atoms with Crippen molar-refractivity contribution in [3.63, 3.8) is 0 Å². The maximum Gasteiger partial charge on any atom is 0.283 e. The molecule has 0 aliphatic carbocycles. The number of ether oxygens (including phenoxy) is 1. The first-order valence-corrected chi connectivity index (χ1v) is 4.79. The minimum absolute atomic E-state index is 0.218. The van der Waals surface area contributed by atoms with Crippen LogP contribution in [0.2, 0.25) is 0 Å². The summed E-state index contributed by atoms with van der Waals surface area (Å²) < 4.78 is 42.3. The van der Waals surface area contributed by atoms with Crippen molar-refractivity contribution in [2.24, 2.45) is 0 Å². The maximum absolute atomic E-state index is 13.2. The fourth-order valence-corrected chi connectivity index (χ4v) is 1.23.